The highest BCUT2D eigenvalue weighted by Crippen LogP contribution is 2.57. The molecular formula is C25H33N5O3S. The molecule has 6 atom stereocenters. The molecular weight excluding hydrogens is 450 g/mol. The number of rotatable bonds is 6. The number of carbonyl (C=O) groups is 2. The molecule has 0 aliphatic heterocycles. The number of hydrogen-bond donors (Lipinski definition) is 2. The van der Waals surface area contributed by atoms with Crippen molar-refractivity contribution >= 4 is 28.3 Å². The van der Waals surface area contributed by atoms with Gasteiger partial charge >= 0.3 is 0 Å². The molecule has 6 unspecified atom stereocenters. The van der Waals surface area contributed by atoms with E-state index in [1.54, 1.807) is 18.0 Å². The fraction of sp³-hybridized carbons (Fsp3) is 0.560. The van der Waals surface area contributed by atoms with E-state index in [0.29, 0.717) is 11.7 Å². The maximum Gasteiger partial charge on any atom is 0.277 e. The van der Waals surface area contributed by atoms with Crippen LogP contribution in [-0.2, 0) is 11.2 Å². The maximum absolute atomic E-state index is 12.9. The lowest BCUT2D eigenvalue weighted by Gasteiger charge is -2.53. The summed E-state index contributed by atoms with van der Waals surface area (Å²) in [6.45, 7) is 10.5. The molecule has 2 heterocycles. The third-order valence-electron chi connectivity index (χ3n) is 7.75. The van der Waals surface area contributed by atoms with E-state index in [1.807, 2.05) is 6.92 Å². The Labute approximate surface area is 204 Å². The molecule has 0 spiro atoms. The first kappa shape index (κ1) is 24.5. The highest BCUT2D eigenvalue weighted by atomic mass is 32.1. The molecule has 34 heavy (non-hydrogen) atoms. The zero-order valence-electron chi connectivity index (χ0n) is 20.2. The number of likely N-dealkylation sites (N-methyl/N-ethyl adjacent to an activating group) is 1. The fourth-order valence-electron chi connectivity index (χ4n) is 5.99. The van der Waals surface area contributed by atoms with Crippen LogP contribution in [0.1, 0.15) is 60.6 Å². The van der Waals surface area contributed by atoms with Gasteiger partial charge in [-0.3, -0.25) is 19.9 Å². The van der Waals surface area contributed by atoms with Crippen LogP contribution in [0.5, 0.6) is 0 Å². The van der Waals surface area contributed by atoms with E-state index in [9.17, 15) is 14.7 Å². The lowest BCUT2D eigenvalue weighted by atomic mass is 9.53. The molecule has 8 nitrogen and oxygen atoms in total. The summed E-state index contributed by atoms with van der Waals surface area (Å²) in [6.07, 6.45) is 8.09. The van der Waals surface area contributed by atoms with Gasteiger partial charge in [-0.15, -0.1) is 17.9 Å². The molecule has 1 fully saturated rings. The van der Waals surface area contributed by atoms with Gasteiger partial charge in [0.2, 0.25) is 5.91 Å². The van der Waals surface area contributed by atoms with Gasteiger partial charge in [-0.05, 0) is 36.5 Å². The van der Waals surface area contributed by atoms with Crippen LogP contribution < -0.4 is 5.32 Å². The monoisotopic (exact) mass is 483 g/mol. The van der Waals surface area contributed by atoms with Crippen molar-refractivity contribution in [2.45, 2.75) is 52.1 Å². The predicted octanol–water partition coefficient (Wildman–Crippen LogP) is 3.52. The number of aromatic nitrogens is 3. The van der Waals surface area contributed by atoms with Crippen LogP contribution >= 0.6 is 11.3 Å². The summed E-state index contributed by atoms with van der Waals surface area (Å²) >= 11 is 1.50. The first-order valence-corrected chi connectivity index (χ1v) is 12.6. The Bertz CT molecular complexity index is 1070. The van der Waals surface area contributed by atoms with Crippen molar-refractivity contribution in [1.29, 1.82) is 0 Å². The summed E-state index contributed by atoms with van der Waals surface area (Å²) in [5, 5.41) is 14.9. The highest BCUT2D eigenvalue weighted by Gasteiger charge is 2.54. The van der Waals surface area contributed by atoms with E-state index >= 15 is 0 Å². The van der Waals surface area contributed by atoms with Crippen LogP contribution in [0.25, 0.3) is 0 Å². The third kappa shape index (κ3) is 4.38. The molecule has 2 aromatic rings. The Hall–Kier alpha value is -2.65. The molecule has 4 rings (SSSR count). The number of nitrogens with zero attached hydrogens (tertiary/aromatic N) is 4. The number of fused-ring (bicyclic) bond motifs is 2. The van der Waals surface area contributed by atoms with Crippen LogP contribution in [-0.4, -0.2) is 56.5 Å². The summed E-state index contributed by atoms with van der Waals surface area (Å²) in [5.41, 5.74) is 1.09. The van der Waals surface area contributed by atoms with Gasteiger partial charge in [0.15, 0.2) is 5.13 Å². The van der Waals surface area contributed by atoms with Gasteiger partial charge in [0.25, 0.3) is 5.91 Å². The average Bonchev–Trinajstić information content (AvgIpc) is 3.20. The van der Waals surface area contributed by atoms with E-state index in [0.717, 1.165) is 29.8 Å². The zero-order valence-corrected chi connectivity index (χ0v) is 21.0. The molecule has 0 bridgehead atoms. The highest BCUT2D eigenvalue weighted by molar-refractivity contribution is 7.15. The van der Waals surface area contributed by atoms with Crippen LogP contribution in [0.3, 0.4) is 0 Å². The Morgan fingerprint density at radius 2 is 2.21 bits per heavy atom. The number of nitrogens with one attached hydrogen (secondary N) is 1. The van der Waals surface area contributed by atoms with Crippen LogP contribution in [0, 0.1) is 23.2 Å². The van der Waals surface area contributed by atoms with Crippen molar-refractivity contribution in [1.82, 2.24) is 19.9 Å². The van der Waals surface area contributed by atoms with Crippen LogP contribution in [0.15, 0.2) is 31.2 Å². The first-order chi connectivity index (χ1) is 16.2. The van der Waals surface area contributed by atoms with Crippen molar-refractivity contribution in [2.75, 3.05) is 18.9 Å². The number of amides is 2. The second-order valence-electron chi connectivity index (χ2n) is 10.0. The van der Waals surface area contributed by atoms with Crippen molar-refractivity contribution < 1.29 is 14.7 Å². The van der Waals surface area contributed by atoms with E-state index in [-0.39, 0.29) is 46.6 Å². The Morgan fingerprint density at radius 3 is 2.88 bits per heavy atom. The van der Waals surface area contributed by atoms with Gasteiger partial charge in [0, 0.05) is 42.7 Å². The van der Waals surface area contributed by atoms with Gasteiger partial charge in [-0.1, -0.05) is 26.8 Å². The predicted molar refractivity (Wildman–Crippen MR) is 132 cm³/mol. The van der Waals surface area contributed by atoms with E-state index in [2.05, 4.69) is 35.7 Å². The van der Waals surface area contributed by atoms with Gasteiger partial charge in [-0.2, -0.15) is 0 Å². The fourth-order valence-corrected chi connectivity index (χ4v) is 7.25. The molecule has 2 aliphatic carbocycles. The molecule has 0 aromatic carbocycles. The molecule has 182 valence electrons. The SMILES string of the molecule is C=CCN(C)C(=O)C(C)C1CCC2(C)Cc3sc(NC(=O)c4cnccn4)nc3C(C)C2C1O. The molecule has 0 saturated heterocycles. The van der Waals surface area contributed by atoms with E-state index in [1.165, 1.54) is 29.9 Å². The zero-order chi connectivity index (χ0) is 24.6. The standard InChI is InChI=1S/C25H33N5O3S/c1-6-11-30(5)23(33)14(2)16-7-8-25(4)12-18-20(15(3)19(25)21(16)31)28-24(34-18)29-22(32)17-13-26-9-10-27-17/h6,9-10,13-16,19,21,31H,1,7-8,11-12H2,2-5H3,(H,28,29,32). The number of aliphatic hydroxyl groups is 1. The van der Waals surface area contributed by atoms with Crippen LogP contribution in [0.4, 0.5) is 5.13 Å². The van der Waals surface area contributed by atoms with Gasteiger partial charge < -0.3 is 10.0 Å². The van der Waals surface area contributed by atoms with Gasteiger partial charge in [-0.25, -0.2) is 9.97 Å². The maximum atomic E-state index is 12.9. The Morgan fingerprint density at radius 1 is 1.44 bits per heavy atom. The van der Waals surface area contributed by atoms with E-state index < -0.39 is 6.10 Å². The summed E-state index contributed by atoms with van der Waals surface area (Å²) in [6, 6.07) is 0. The van der Waals surface area contributed by atoms with Crippen molar-refractivity contribution in [2.24, 2.45) is 23.2 Å². The van der Waals surface area contributed by atoms with Crippen molar-refractivity contribution in [3.8, 4) is 0 Å². The minimum absolute atomic E-state index is 0.00986. The third-order valence-corrected chi connectivity index (χ3v) is 8.74. The lowest BCUT2D eigenvalue weighted by Crippen LogP contribution is -2.53. The largest absolute Gasteiger partial charge is 0.392 e. The topological polar surface area (TPSA) is 108 Å². The number of aliphatic hydroxyl groups excluding tert-OH is 1. The number of anilines is 1. The second-order valence-corrected chi connectivity index (χ2v) is 11.1. The first-order valence-electron chi connectivity index (χ1n) is 11.8. The molecule has 2 aliphatic rings. The molecule has 2 amide bonds. The summed E-state index contributed by atoms with van der Waals surface area (Å²) in [7, 11) is 1.78. The summed E-state index contributed by atoms with van der Waals surface area (Å²) in [5.74, 6) is -0.667. The minimum atomic E-state index is -0.600. The Kier molecular flexibility index (Phi) is 6.87. The number of thiazole rings is 1. The molecule has 2 N–H and O–H groups in total. The smallest absolute Gasteiger partial charge is 0.277 e. The number of hydrogen-bond acceptors (Lipinski definition) is 7. The molecule has 0 radical (unpaired) electrons. The molecule has 1 saturated carbocycles. The molecule has 2 aromatic heterocycles. The normalized spacial score (nSPS) is 28.9. The van der Waals surface area contributed by atoms with Crippen LogP contribution in [0.2, 0.25) is 0 Å². The van der Waals surface area contributed by atoms with Crippen molar-refractivity contribution in [3.05, 3.63) is 47.5 Å². The van der Waals surface area contributed by atoms with Gasteiger partial charge in [0.05, 0.1) is 18.0 Å². The summed E-state index contributed by atoms with van der Waals surface area (Å²) < 4.78 is 0. The average molecular weight is 484 g/mol. The minimum Gasteiger partial charge on any atom is -0.392 e. The Balaban J connectivity index is 1.55. The number of carbonyl (C=O) groups excluding carboxylic acids is 2. The van der Waals surface area contributed by atoms with Gasteiger partial charge in [0.1, 0.15) is 5.69 Å². The molecule has 9 heteroatoms. The van der Waals surface area contributed by atoms with Crippen molar-refractivity contribution in [3.63, 3.8) is 0 Å². The lowest BCUT2D eigenvalue weighted by molar-refractivity contribution is -0.143. The second kappa shape index (κ2) is 9.54. The summed E-state index contributed by atoms with van der Waals surface area (Å²) in [4.78, 5) is 41.0. The quantitative estimate of drug-likeness (QED) is 0.609. The van der Waals surface area contributed by atoms with E-state index in [4.69, 9.17) is 4.98 Å².